The second kappa shape index (κ2) is 36.2. The zero-order valence-corrected chi connectivity index (χ0v) is 30.2. The fourth-order valence-electron chi connectivity index (χ4n) is 5.97. The van der Waals surface area contributed by atoms with Gasteiger partial charge in [-0.25, -0.2) is 0 Å². The lowest BCUT2D eigenvalue weighted by Gasteiger charge is -2.14. The van der Waals surface area contributed by atoms with Crippen molar-refractivity contribution in [1.29, 1.82) is 0 Å². The summed E-state index contributed by atoms with van der Waals surface area (Å²) in [7, 11) is 0. The van der Waals surface area contributed by atoms with Gasteiger partial charge in [0.15, 0.2) is 0 Å². The Kier molecular flexibility index (Phi) is 35.1. The highest BCUT2D eigenvalue weighted by Crippen LogP contribution is 2.13. The Hall–Kier alpha value is -1.32. The van der Waals surface area contributed by atoms with Crippen LogP contribution >= 0.6 is 0 Å². The van der Waals surface area contributed by atoms with E-state index in [0.29, 0.717) is 12.8 Å². The quantitative estimate of drug-likeness (QED) is 0.0548. The summed E-state index contributed by atoms with van der Waals surface area (Å²) < 4.78 is 0. The maximum absolute atomic E-state index is 12.3. The Balaban J connectivity index is 3.40. The summed E-state index contributed by atoms with van der Waals surface area (Å²) in [5.74, 6) is 0.399. The lowest BCUT2D eigenvalue weighted by Crippen LogP contribution is -2.32. The zero-order chi connectivity index (χ0) is 32.2. The van der Waals surface area contributed by atoms with Crippen molar-refractivity contribution in [1.82, 2.24) is 10.6 Å². The van der Waals surface area contributed by atoms with Gasteiger partial charge < -0.3 is 10.6 Å². The fraction of sp³-hybridized carbons (Fsp3) is 0.900. The van der Waals surface area contributed by atoms with E-state index in [1.165, 1.54) is 148 Å². The molecular formula is C40H78N2O2. The Bertz CT molecular complexity index is 633. The molecule has 0 saturated carbocycles. The van der Waals surface area contributed by atoms with Crippen LogP contribution < -0.4 is 10.6 Å². The van der Waals surface area contributed by atoms with Gasteiger partial charge in [-0.05, 0) is 64.7 Å². The number of carbonyl (C=O) groups excluding carboxylic acids is 2. The van der Waals surface area contributed by atoms with E-state index < -0.39 is 0 Å². The van der Waals surface area contributed by atoms with Gasteiger partial charge in [-0.2, -0.15) is 0 Å². The molecule has 0 radical (unpaired) electrons. The molecule has 0 aromatic heterocycles. The molecule has 260 valence electrons. The van der Waals surface area contributed by atoms with Crippen molar-refractivity contribution in [3.05, 3.63) is 12.2 Å². The molecule has 0 rings (SSSR count). The number of carbonyl (C=O) groups is 2. The number of unbranched alkanes of at least 4 members (excludes halogenated alkanes) is 24. The Morgan fingerprint density at radius 3 is 1.32 bits per heavy atom. The molecule has 0 aromatic rings. The van der Waals surface area contributed by atoms with Gasteiger partial charge in [-0.15, -0.1) is 0 Å². The predicted molar refractivity (Wildman–Crippen MR) is 194 cm³/mol. The molecule has 0 unspecified atom stereocenters. The van der Waals surface area contributed by atoms with Crippen molar-refractivity contribution in [3.8, 4) is 0 Å². The highest BCUT2D eigenvalue weighted by molar-refractivity contribution is 5.76. The van der Waals surface area contributed by atoms with Crippen LogP contribution in [-0.4, -0.2) is 24.4 Å². The van der Waals surface area contributed by atoms with Gasteiger partial charge in [-0.1, -0.05) is 154 Å². The summed E-state index contributed by atoms with van der Waals surface area (Å²) in [6.07, 6.45) is 43.0. The van der Waals surface area contributed by atoms with Gasteiger partial charge in [0.05, 0.1) is 0 Å². The summed E-state index contributed by atoms with van der Waals surface area (Å²) in [5.41, 5.74) is 0. The Morgan fingerprint density at radius 2 is 0.864 bits per heavy atom. The lowest BCUT2D eigenvalue weighted by atomic mass is 10.0. The van der Waals surface area contributed by atoms with E-state index in [2.05, 4.69) is 43.6 Å². The van der Waals surface area contributed by atoms with Crippen LogP contribution in [0.15, 0.2) is 12.2 Å². The van der Waals surface area contributed by atoms with Crippen LogP contribution in [0.4, 0.5) is 0 Å². The van der Waals surface area contributed by atoms with Crippen LogP contribution in [0.3, 0.4) is 0 Å². The van der Waals surface area contributed by atoms with E-state index in [1.54, 1.807) is 0 Å². The summed E-state index contributed by atoms with van der Waals surface area (Å²) in [6, 6.07) is 0.215. The molecule has 0 spiro atoms. The van der Waals surface area contributed by atoms with Crippen LogP contribution in [0.1, 0.15) is 220 Å². The minimum Gasteiger partial charge on any atom is -0.356 e. The van der Waals surface area contributed by atoms with E-state index in [4.69, 9.17) is 0 Å². The first kappa shape index (κ1) is 42.7. The third-order valence-electron chi connectivity index (χ3n) is 8.97. The summed E-state index contributed by atoms with van der Waals surface area (Å²) in [4.78, 5) is 24.4. The van der Waals surface area contributed by atoms with Crippen LogP contribution in [0.25, 0.3) is 0 Å². The summed E-state index contributed by atoms with van der Waals surface area (Å²) in [6.45, 7) is 7.41. The maximum Gasteiger partial charge on any atom is 0.220 e. The fourth-order valence-corrected chi connectivity index (χ4v) is 5.97. The zero-order valence-electron chi connectivity index (χ0n) is 30.2. The summed E-state index contributed by atoms with van der Waals surface area (Å²) >= 11 is 0. The number of nitrogens with one attached hydrogen (secondary N) is 2. The van der Waals surface area contributed by atoms with Gasteiger partial charge in [0.2, 0.25) is 11.8 Å². The molecule has 44 heavy (non-hydrogen) atoms. The molecule has 0 aliphatic carbocycles. The minimum atomic E-state index is 0.196. The SMILES string of the molecule is CCCCCCCC/C=C\CCCCCCCC(=O)N[C@H](C)CCCCNC(=O)CCCCCCCCCCCCCCC. The van der Waals surface area contributed by atoms with E-state index in [1.807, 2.05) is 0 Å². The second-order valence-corrected chi connectivity index (χ2v) is 13.6. The molecule has 4 heteroatoms. The van der Waals surface area contributed by atoms with Gasteiger partial charge in [-0.3, -0.25) is 9.59 Å². The molecule has 0 aromatic carbocycles. The van der Waals surface area contributed by atoms with Crippen molar-refractivity contribution in [3.63, 3.8) is 0 Å². The molecule has 2 N–H and O–H groups in total. The molecule has 0 aliphatic heterocycles. The predicted octanol–water partition coefficient (Wildman–Crippen LogP) is 12.3. The monoisotopic (exact) mass is 619 g/mol. The average molecular weight is 619 g/mol. The molecule has 0 bridgehead atoms. The van der Waals surface area contributed by atoms with Crippen LogP contribution in [-0.2, 0) is 9.59 Å². The first-order valence-corrected chi connectivity index (χ1v) is 19.8. The lowest BCUT2D eigenvalue weighted by molar-refractivity contribution is -0.122. The average Bonchev–Trinajstić information content (AvgIpc) is 3.01. The number of allylic oxidation sites excluding steroid dienone is 2. The minimum absolute atomic E-state index is 0.196. The van der Waals surface area contributed by atoms with Crippen molar-refractivity contribution < 1.29 is 9.59 Å². The molecule has 4 nitrogen and oxygen atoms in total. The molecule has 0 heterocycles. The number of hydrogen-bond acceptors (Lipinski definition) is 2. The highest BCUT2D eigenvalue weighted by atomic mass is 16.2. The topological polar surface area (TPSA) is 58.2 Å². The van der Waals surface area contributed by atoms with Gasteiger partial charge in [0.1, 0.15) is 0 Å². The molecule has 0 saturated heterocycles. The molecular weight excluding hydrogens is 540 g/mol. The normalized spacial score (nSPS) is 12.2. The standard InChI is InChI=1S/C40H78N2O2/c1-4-6-8-10-12-14-16-18-19-21-23-25-27-29-31-36-40(44)42-38(3)34-32-33-37-41-39(43)35-30-28-26-24-22-20-17-15-13-11-9-7-5-2/h18-19,38H,4-17,20-37H2,1-3H3,(H,41,43)(H,42,44)/b19-18-/t38-/m1/s1. The maximum atomic E-state index is 12.3. The molecule has 2 amide bonds. The number of amides is 2. The number of hydrogen-bond donors (Lipinski definition) is 2. The molecule has 1 atom stereocenters. The van der Waals surface area contributed by atoms with Crippen LogP contribution in [0.5, 0.6) is 0 Å². The van der Waals surface area contributed by atoms with Crippen molar-refractivity contribution in [2.24, 2.45) is 0 Å². The molecule has 0 aliphatic rings. The van der Waals surface area contributed by atoms with Crippen LogP contribution in [0, 0.1) is 0 Å². The first-order valence-electron chi connectivity index (χ1n) is 19.8. The first-order chi connectivity index (χ1) is 21.6. The summed E-state index contributed by atoms with van der Waals surface area (Å²) in [5, 5.41) is 6.24. The Labute approximate surface area is 276 Å². The third-order valence-corrected chi connectivity index (χ3v) is 8.97. The smallest absolute Gasteiger partial charge is 0.220 e. The van der Waals surface area contributed by atoms with Gasteiger partial charge in [0.25, 0.3) is 0 Å². The van der Waals surface area contributed by atoms with Crippen molar-refractivity contribution in [2.45, 2.75) is 226 Å². The highest BCUT2D eigenvalue weighted by Gasteiger charge is 2.07. The third kappa shape index (κ3) is 35.2. The van der Waals surface area contributed by atoms with E-state index in [0.717, 1.165) is 45.1 Å². The van der Waals surface area contributed by atoms with Crippen LogP contribution in [0.2, 0.25) is 0 Å². The van der Waals surface area contributed by atoms with Gasteiger partial charge >= 0.3 is 0 Å². The molecule has 0 fully saturated rings. The number of rotatable bonds is 35. The van der Waals surface area contributed by atoms with Gasteiger partial charge in [0, 0.05) is 25.4 Å². The van der Waals surface area contributed by atoms with Crippen molar-refractivity contribution >= 4 is 11.8 Å². The van der Waals surface area contributed by atoms with Crippen molar-refractivity contribution in [2.75, 3.05) is 6.54 Å². The Morgan fingerprint density at radius 1 is 0.477 bits per heavy atom. The second-order valence-electron chi connectivity index (χ2n) is 13.6. The van der Waals surface area contributed by atoms with E-state index in [-0.39, 0.29) is 17.9 Å². The largest absolute Gasteiger partial charge is 0.356 e. The van der Waals surface area contributed by atoms with E-state index in [9.17, 15) is 9.59 Å². The van der Waals surface area contributed by atoms with E-state index >= 15 is 0 Å².